The van der Waals surface area contributed by atoms with Crippen LogP contribution < -0.4 is 0 Å². The van der Waals surface area contributed by atoms with Crippen LogP contribution >= 0.6 is 15.9 Å². The zero-order chi connectivity index (χ0) is 11.3. The molecule has 0 saturated heterocycles. The molecule has 0 fully saturated rings. The van der Waals surface area contributed by atoms with E-state index in [0.717, 1.165) is 15.8 Å². The standard InChI is InChI=1S/C11H10BrFN2O/c1-6-4-16-5-10-14-11-8(13)2-7(12)3-9(11)15(6)10/h2-3,6H,4-5H2,1H3/t6-/m1/s1. The van der Waals surface area contributed by atoms with Crippen molar-refractivity contribution in [2.45, 2.75) is 19.6 Å². The van der Waals surface area contributed by atoms with Gasteiger partial charge in [0.15, 0.2) is 5.82 Å². The van der Waals surface area contributed by atoms with Gasteiger partial charge in [-0.1, -0.05) is 15.9 Å². The van der Waals surface area contributed by atoms with E-state index in [1.165, 1.54) is 6.07 Å². The summed E-state index contributed by atoms with van der Waals surface area (Å²) in [6.07, 6.45) is 0. The molecule has 0 radical (unpaired) electrons. The van der Waals surface area contributed by atoms with Crippen molar-refractivity contribution in [3.8, 4) is 0 Å². The van der Waals surface area contributed by atoms with E-state index in [1.54, 1.807) is 0 Å². The van der Waals surface area contributed by atoms with Crippen LogP contribution in [0.1, 0.15) is 18.8 Å². The topological polar surface area (TPSA) is 27.1 Å². The highest BCUT2D eigenvalue weighted by atomic mass is 79.9. The molecular formula is C11H10BrFN2O. The smallest absolute Gasteiger partial charge is 0.152 e. The van der Waals surface area contributed by atoms with Gasteiger partial charge in [0.05, 0.1) is 18.2 Å². The minimum atomic E-state index is -0.293. The number of halogens is 2. The Morgan fingerprint density at radius 2 is 2.38 bits per heavy atom. The van der Waals surface area contributed by atoms with Crippen LogP contribution in [0.2, 0.25) is 0 Å². The number of nitrogens with zero attached hydrogens (tertiary/aromatic N) is 2. The van der Waals surface area contributed by atoms with Gasteiger partial charge >= 0.3 is 0 Å². The quantitative estimate of drug-likeness (QED) is 0.744. The second kappa shape index (κ2) is 3.53. The van der Waals surface area contributed by atoms with Crippen molar-refractivity contribution in [1.29, 1.82) is 0 Å². The summed E-state index contributed by atoms with van der Waals surface area (Å²) < 4.78 is 21.9. The van der Waals surface area contributed by atoms with Gasteiger partial charge in [0.2, 0.25) is 0 Å². The number of rotatable bonds is 0. The Balaban J connectivity index is 2.38. The van der Waals surface area contributed by atoms with Crippen LogP contribution in [0, 0.1) is 5.82 Å². The zero-order valence-electron chi connectivity index (χ0n) is 8.70. The zero-order valence-corrected chi connectivity index (χ0v) is 10.3. The average molecular weight is 285 g/mol. The molecule has 1 aliphatic rings. The van der Waals surface area contributed by atoms with E-state index in [-0.39, 0.29) is 11.9 Å². The minimum Gasteiger partial charge on any atom is -0.371 e. The number of fused-ring (bicyclic) bond motifs is 3. The summed E-state index contributed by atoms with van der Waals surface area (Å²) >= 11 is 3.30. The second-order valence-electron chi connectivity index (χ2n) is 4.02. The maximum atomic E-state index is 13.7. The average Bonchev–Trinajstić information content (AvgIpc) is 2.58. The number of aromatic nitrogens is 2. The number of imidazole rings is 1. The Morgan fingerprint density at radius 1 is 1.56 bits per heavy atom. The van der Waals surface area contributed by atoms with E-state index < -0.39 is 0 Å². The normalized spacial score (nSPS) is 20.1. The summed E-state index contributed by atoms with van der Waals surface area (Å²) in [5.41, 5.74) is 1.26. The molecule has 0 bridgehead atoms. The van der Waals surface area contributed by atoms with E-state index in [9.17, 15) is 4.39 Å². The first-order valence-corrected chi connectivity index (χ1v) is 5.89. The van der Waals surface area contributed by atoms with Crippen molar-refractivity contribution < 1.29 is 9.13 Å². The first-order valence-electron chi connectivity index (χ1n) is 5.10. The molecule has 0 aliphatic carbocycles. The van der Waals surface area contributed by atoms with E-state index in [1.807, 2.05) is 17.6 Å². The molecule has 0 amide bonds. The molecule has 1 aliphatic heterocycles. The van der Waals surface area contributed by atoms with Gasteiger partial charge in [0, 0.05) is 4.47 Å². The lowest BCUT2D eigenvalue weighted by Gasteiger charge is -2.22. The van der Waals surface area contributed by atoms with Gasteiger partial charge < -0.3 is 9.30 Å². The maximum Gasteiger partial charge on any atom is 0.152 e. The third-order valence-electron chi connectivity index (χ3n) is 2.82. The molecule has 16 heavy (non-hydrogen) atoms. The van der Waals surface area contributed by atoms with E-state index in [2.05, 4.69) is 20.9 Å². The first-order chi connectivity index (χ1) is 7.66. The molecule has 0 N–H and O–H groups in total. The summed E-state index contributed by atoms with van der Waals surface area (Å²) in [6.45, 7) is 3.14. The molecule has 1 atom stereocenters. The number of benzene rings is 1. The molecule has 1 aromatic heterocycles. The van der Waals surface area contributed by atoms with Gasteiger partial charge in [-0.05, 0) is 19.1 Å². The van der Waals surface area contributed by atoms with Gasteiger partial charge in [-0.15, -0.1) is 0 Å². The fraction of sp³-hybridized carbons (Fsp3) is 0.364. The molecule has 2 heterocycles. The maximum absolute atomic E-state index is 13.7. The van der Waals surface area contributed by atoms with Gasteiger partial charge in [0.1, 0.15) is 17.9 Å². The molecular weight excluding hydrogens is 275 g/mol. The molecule has 3 nitrogen and oxygen atoms in total. The Morgan fingerprint density at radius 3 is 3.19 bits per heavy atom. The highest BCUT2D eigenvalue weighted by molar-refractivity contribution is 9.10. The molecule has 0 unspecified atom stereocenters. The summed E-state index contributed by atoms with van der Waals surface area (Å²) in [7, 11) is 0. The predicted molar refractivity (Wildman–Crippen MR) is 61.8 cm³/mol. The Hall–Kier alpha value is -0.940. The molecule has 0 spiro atoms. The molecule has 2 aromatic rings. The van der Waals surface area contributed by atoms with E-state index >= 15 is 0 Å². The predicted octanol–water partition coefficient (Wildman–Crippen LogP) is 3.03. The highest BCUT2D eigenvalue weighted by Crippen LogP contribution is 2.29. The van der Waals surface area contributed by atoms with Crippen molar-refractivity contribution in [2.75, 3.05) is 6.61 Å². The van der Waals surface area contributed by atoms with Crippen molar-refractivity contribution in [3.63, 3.8) is 0 Å². The van der Waals surface area contributed by atoms with Crippen LogP contribution in [-0.4, -0.2) is 16.2 Å². The lowest BCUT2D eigenvalue weighted by atomic mass is 10.2. The lowest BCUT2D eigenvalue weighted by Crippen LogP contribution is -2.21. The molecule has 0 saturated carbocycles. The molecule has 5 heteroatoms. The molecule has 84 valence electrons. The van der Waals surface area contributed by atoms with Crippen LogP contribution in [0.4, 0.5) is 4.39 Å². The van der Waals surface area contributed by atoms with Crippen LogP contribution in [0.15, 0.2) is 16.6 Å². The number of hydrogen-bond acceptors (Lipinski definition) is 2. The summed E-state index contributed by atoms with van der Waals surface area (Å²) in [5.74, 6) is 0.504. The molecule has 1 aromatic carbocycles. The Kier molecular flexibility index (Phi) is 2.26. The molecule has 3 rings (SSSR count). The summed E-state index contributed by atoms with van der Waals surface area (Å²) in [5, 5.41) is 0. The van der Waals surface area contributed by atoms with Crippen LogP contribution in [0.3, 0.4) is 0 Å². The van der Waals surface area contributed by atoms with Gasteiger partial charge in [-0.3, -0.25) is 0 Å². The van der Waals surface area contributed by atoms with Crippen molar-refractivity contribution in [3.05, 3.63) is 28.2 Å². The summed E-state index contributed by atoms with van der Waals surface area (Å²) in [4.78, 5) is 4.29. The lowest BCUT2D eigenvalue weighted by molar-refractivity contribution is 0.0621. The van der Waals surface area contributed by atoms with E-state index in [4.69, 9.17) is 4.74 Å². The van der Waals surface area contributed by atoms with Crippen molar-refractivity contribution >= 4 is 27.0 Å². The fourth-order valence-electron chi connectivity index (χ4n) is 2.16. The van der Waals surface area contributed by atoms with Crippen LogP contribution in [0.5, 0.6) is 0 Å². The third-order valence-corrected chi connectivity index (χ3v) is 3.28. The largest absolute Gasteiger partial charge is 0.371 e. The SMILES string of the molecule is C[C@@H]1COCc2nc3c(F)cc(Br)cc3n21. The van der Waals surface area contributed by atoms with Crippen LogP contribution in [0.25, 0.3) is 11.0 Å². The van der Waals surface area contributed by atoms with Gasteiger partial charge in [-0.25, -0.2) is 9.37 Å². The van der Waals surface area contributed by atoms with Crippen LogP contribution in [-0.2, 0) is 11.3 Å². The fourth-order valence-corrected chi connectivity index (χ4v) is 2.58. The van der Waals surface area contributed by atoms with Gasteiger partial charge in [-0.2, -0.15) is 0 Å². The number of ether oxygens (including phenoxy) is 1. The van der Waals surface area contributed by atoms with Gasteiger partial charge in [0.25, 0.3) is 0 Å². The van der Waals surface area contributed by atoms with Crippen molar-refractivity contribution in [1.82, 2.24) is 9.55 Å². The van der Waals surface area contributed by atoms with Crippen molar-refractivity contribution in [2.24, 2.45) is 0 Å². The van der Waals surface area contributed by atoms with E-state index in [0.29, 0.717) is 18.7 Å². The Labute approximate surface area is 100 Å². The third kappa shape index (κ3) is 1.38. The highest BCUT2D eigenvalue weighted by Gasteiger charge is 2.22. The minimum absolute atomic E-state index is 0.197. The second-order valence-corrected chi connectivity index (χ2v) is 4.93. The number of hydrogen-bond donors (Lipinski definition) is 0. The monoisotopic (exact) mass is 284 g/mol. The first kappa shape index (κ1) is 10.2. The Bertz CT molecular complexity index is 567. The summed E-state index contributed by atoms with van der Waals surface area (Å²) in [6, 6.07) is 3.53.